The highest BCUT2D eigenvalue weighted by Crippen LogP contribution is 2.33. The van der Waals surface area contributed by atoms with Gasteiger partial charge in [0.05, 0.1) is 5.69 Å². The molecule has 2 aromatic rings. The second kappa shape index (κ2) is 5.61. The monoisotopic (exact) mass is 316 g/mol. The second-order valence-electron chi connectivity index (χ2n) is 5.35. The number of anilines is 2. The molecule has 1 aliphatic heterocycles. The number of nitrogens with zero attached hydrogens (tertiary/aromatic N) is 3. The number of aryl methyl sites for hydroxylation is 1. The molecule has 1 aliphatic rings. The zero-order valence-electron chi connectivity index (χ0n) is 12.7. The minimum Gasteiger partial charge on any atom is -0.396 e. The molecule has 0 aliphatic carbocycles. The summed E-state index contributed by atoms with van der Waals surface area (Å²) < 4.78 is 13.5. The van der Waals surface area contributed by atoms with Crippen LogP contribution in [0.4, 0.5) is 15.9 Å². The Kier molecular flexibility index (Phi) is 3.78. The van der Waals surface area contributed by atoms with Gasteiger partial charge in [0.25, 0.3) is 0 Å². The third kappa shape index (κ3) is 2.54. The molecule has 6 heteroatoms. The van der Waals surface area contributed by atoms with Gasteiger partial charge in [0.2, 0.25) is 0 Å². The first-order valence-electron chi connectivity index (χ1n) is 6.88. The number of likely N-dealkylation sites (N-methyl/N-ethyl adjacent to an activating group) is 1. The molecule has 0 atom stereocenters. The number of fused-ring (bicyclic) bond motifs is 1. The number of nitrogen functional groups attached to an aromatic ring is 1. The van der Waals surface area contributed by atoms with Gasteiger partial charge >= 0.3 is 0 Å². The number of thioether (sulfide) groups is 1. The maximum Gasteiger partial charge on any atom is 0.189 e. The van der Waals surface area contributed by atoms with E-state index >= 15 is 0 Å². The molecule has 1 aromatic heterocycles. The molecular weight excluding hydrogens is 299 g/mol. The molecule has 0 saturated heterocycles. The van der Waals surface area contributed by atoms with Gasteiger partial charge in [0.1, 0.15) is 11.6 Å². The molecule has 114 valence electrons. The summed E-state index contributed by atoms with van der Waals surface area (Å²) in [6.45, 7) is 2.59. The van der Waals surface area contributed by atoms with Crippen molar-refractivity contribution in [2.75, 3.05) is 30.5 Å². The number of aromatic nitrogens is 2. The van der Waals surface area contributed by atoms with Gasteiger partial charge in [-0.05, 0) is 48.1 Å². The molecule has 0 radical (unpaired) electrons. The molecule has 0 bridgehead atoms. The van der Waals surface area contributed by atoms with E-state index in [1.807, 2.05) is 26.4 Å². The highest BCUT2D eigenvalue weighted by atomic mass is 32.2. The number of rotatable bonds is 2. The van der Waals surface area contributed by atoms with Crippen molar-refractivity contribution in [3.63, 3.8) is 0 Å². The van der Waals surface area contributed by atoms with Crippen LogP contribution in [0.5, 0.6) is 0 Å². The van der Waals surface area contributed by atoms with Gasteiger partial charge in [-0.2, -0.15) is 0 Å². The van der Waals surface area contributed by atoms with E-state index in [0.29, 0.717) is 6.54 Å². The van der Waals surface area contributed by atoms with E-state index in [4.69, 9.17) is 5.73 Å². The quantitative estimate of drug-likeness (QED) is 0.524. The number of halogens is 1. The fourth-order valence-corrected chi connectivity index (χ4v) is 2.97. The van der Waals surface area contributed by atoms with E-state index in [0.717, 1.165) is 33.2 Å². The van der Waals surface area contributed by atoms with Crippen LogP contribution in [0.15, 0.2) is 23.5 Å². The van der Waals surface area contributed by atoms with Crippen molar-refractivity contribution in [3.05, 3.63) is 40.8 Å². The fourth-order valence-electron chi connectivity index (χ4n) is 2.63. The standard InChI is InChI=1S/C16H17FN4S/c1-9-4-13(17)14(18)6-12(9)11-5-10-7-19-16(22-3)20-15(10)21(2)8-11/h4-7H,8,18H2,1-3H3. The van der Waals surface area contributed by atoms with Crippen LogP contribution in [0.25, 0.3) is 11.6 Å². The molecule has 1 aromatic carbocycles. The molecule has 22 heavy (non-hydrogen) atoms. The van der Waals surface area contributed by atoms with Crippen LogP contribution in [0, 0.1) is 12.7 Å². The summed E-state index contributed by atoms with van der Waals surface area (Å²) in [6.07, 6.45) is 5.83. The Labute approximate surface area is 133 Å². The summed E-state index contributed by atoms with van der Waals surface area (Å²) in [6, 6.07) is 3.18. The van der Waals surface area contributed by atoms with Gasteiger partial charge < -0.3 is 10.6 Å². The van der Waals surface area contributed by atoms with Crippen molar-refractivity contribution in [2.45, 2.75) is 12.1 Å². The summed E-state index contributed by atoms with van der Waals surface area (Å²) in [5.41, 5.74) is 9.77. The van der Waals surface area contributed by atoms with E-state index in [1.54, 1.807) is 6.07 Å². The van der Waals surface area contributed by atoms with Crippen LogP contribution >= 0.6 is 11.8 Å². The van der Waals surface area contributed by atoms with Gasteiger partial charge in [-0.15, -0.1) is 0 Å². The van der Waals surface area contributed by atoms with Crippen molar-refractivity contribution in [2.24, 2.45) is 0 Å². The van der Waals surface area contributed by atoms with Crippen molar-refractivity contribution in [3.8, 4) is 0 Å². The highest BCUT2D eigenvalue weighted by molar-refractivity contribution is 7.98. The van der Waals surface area contributed by atoms with Gasteiger partial charge in [-0.25, -0.2) is 14.4 Å². The smallest absolute Gasteiger partial charge is 0.189 e. The maximum atomic E-state index is 13.5. The Bertz CT molecular complexity index is 773. The molecule has 0 amide bonds. The predicted octanol–water partition coefficient (Wildman–Crippen LogP) is 3.22. The topological polar surface area (TPSA) is 55.0 Å². The zero-order valence-corrected chi connectivity index (χ0v) is 13.5. The Morgan fingerprint density at radius 3 is 2.86 bits per heavy atom. The Morgan fingerprint density at radius 1 is 1.36 bits per heavy atom. The van der Waals surface area contributed by atoms with Crippen LogP contribution in [0.1, 0.15) is 16.7 Å². The van der Waals surface area contributed by atoms with Gasteiger partial charge in [0.15, 0.2) is 5.16 Å². The highest BCUT2D eigenvalue weighted by Gasteiger charge is 2.20. The molecule has 0 fully saturated rings. The Balaban J connectivity index is 2.10. The lowest BCUT2D eigenvalue weighted by Crippen LogP contribution is -2.25. The third-order valence-electron chi connectivity index (χ3n) is 3.74. The molecule has 3 rings (SSSR count). The maximum absolute atomic E-state index is 13.5. The molecule has 2 N–H and O–H groups in total. The second-order valence-corrected chi connectivity index (χ2v) is 6.12. The number of hydrogen-bond donors (Lipinski definition) is 1. The average Bonchev–Trinajstić information content (AvgIpc) is 2.50. The molecule has 2 heterocycles. The van der Waals surface area contributed by atoms with Crippen LogP contribution in [-0.2, 0) is 0 Å². The van der Waals surface area contributed by atoms with Crippen LogP contribution in [0.2, 0.25) is 0 Å². The third-order valence-corrected chi connectivity index (χ3v) is 4.31. The first kappa shape index (κ1) is 14.8. The summed E-state index contributed by atoms with van der Waals surface area (Å²) in [5, 5.41) is 0.754. The lowest BCUT2D eigenvalue weighted by molar-refractivity contribution is 0.631. The predicted molar refractivity (Wildman–Crippen MR) is 90.5 cm³/mol. The first-order chi connectivity index (χ1) is 10.5. The minimum atomic E-state index is -0.376. The molecule has 4 nitrogen and oxygen atoms in total. The summed E-state index contributed by atoms with van der Waals surface area (Å²) in [7, 11) is 1.99. The summed E-state index contributed by atoms with van der Waals surface area (Å²) in [5.74, 6) is 0.537. The van der Waals surface area contributed by atoms with E-state index < -0.39 is 0 Å². The normalized spacial score (nSPS) is 13.8. The Morgan fingerprint density at radius 2 is 2.14 bits per heavy atom. The van der Waals surface area contributed by atoms with Crippen LogP contribution < -0.4 is 10.6 Å². The first-order valence-corrected chi connectivity index (χ1v) is 8.11. The molecule has 0 saturated carbocycles. The number of nitrogens with two attached hydrogens (primary N) is 1. The Hall–Kier alpha value is -2.08. The van der Waals surface area contributed by atoms with Crippen molar-refractivity contribution < 1.29 is 4.39 Å². The van der Waals surface area contributed by atoms with Crippen molar-refractivity contribution >= 4 is 34.9 Å². The van der Waals surface area contributed by atoms with Gasteiger partial charge in [-0.1, -0.05) is 11.8 Å². The van der Waals surface area contributed by atoms with Gasteiger partial charge in [-0.3, -0.25) is 0 Å². The van der Waals surface area contributed by atoms with E-state index in [1.165, 1.54) is 17.8 Å². The van der Waals surface area contributed by atoms with Crippen molar-refractivity contribution in [1.29, 1.82) is 0 Å². The minimum absolute atomic E-state index is 0.170. The lowest BCUT2D eigenvalue weighted by Gasteiger charge is -2.27. The molecule has 0 spiro atoms. The number of benzene rings is 1. The van der Waals surface area contributed by atoms with Crippen LogP contribution in [-0.4, -0.2) is 29.8 Å². The SMILES string of the molecule is CSc1ncc2c(n1)N(C)CC(c1cc(N)c(F)cc1C)=C2. The summed E-state index contributed by atoms with van der Waals surface area (Å²) >= 11 is 1.52. The van der Waals surface area contributed by atoms with Crippen molar-refractivity contribution in [1.82, 2.24) is 9.97 Å². The number of hydrogen-bond acceptors (Lipinski definition) is 5. The summed E-state index contributed by atoms with van der Waals surface area (Å²) in [4.78, 5) is 10.9. The largest absolute Gasteiger partial charge is 0.396 e. The molecular formula is C16H17FN4S. The fraction of sp³-hybridized carbons (Fsp3) is 0.250. The molecule has 0 unspecified atom stereocenters. The lowest BCUT2D eigenvalue weighted by atomic mass is 9.95. The zero-order chi connectivity index (χ0) is 15.9. The average molecular weight is 316 g/mol. The van der Waals surface area contributed by atoms with E-state index in [2.05, 4.69) is 20.9 Å². The van der Waals surface area contributed by atoms with Crippen LogP contribution in [0.3, 0.4) is 0 Å². The van der Waals surface area contributed by atoms with E-state index in [9.17, 15) is 4.39 Å². The van der Waals surface area contributed by atoms with Gasteiger partial charge in [0, 0.05) is 25.4 Å². The van der Waals surface area contributed by atoms with E-state index in [-0.39, 0.29) is 11.5 Å².